The van der Waals surface area contributed by atoms with E-state index >= 15 is 0 Å². The molecule has 3 aromatic carbocycles. The number of hydrogen-bond donors (Lipinski definition) is 1. The van der Waals surface area contributed by atoms with Gasteiger partial charge in [-0.25, -0.2) is 0 Å². The molecule has 160 valence electrons. The first kappa shape index (κ1) is 24.2. The lowest BCUT2D eigenvalue weighted by atomic mass is 9.69. The van der Waals surface area contributed by atoms with Crippen molar-refractivity contribution >= 4 is 12.4 Å². The van der Waals surface area contributed by atoms with Crippen molar-refractivity contribution in [1.29, 1.82) is 0 Å². The lowest BCUT2D eigenvalue weighted by Crippen LogP contribution is -2.44. The van der Waals surface area contributed by atoms with E-state index in [2.05, 4.69) is 97.9 Å². The highest BCUT2D eigenvalue weighted by Crippen LogP contribution is 2.43. The van der Waals surface area contributed by atoms with Crippen molar-refractivity contribution in [3.8, 4) is 0 Å². The maximum atomic E-state index is 7.38. The van der Waals surface area contributed by atoms with Gasteiger partial charge in [-0.15, -0.1) is 12.4 Å². The van der Waals surface area contributed by atoms with E-state index in [0.29, 0.717) is 0 Å². The maximum absolute atomic E-state index is 7.38. The van der Waals surface area contributed by atoms with Crippen molar-refractivity contribution in [1.82, 2.24) is 0 Å². The molecule has 0 heterocycles. The SMILES string of the molecule is CCCCCCCCC(c1ccccc1)C(N)(c1ccccc1)c1ccccc1.Cl. The van der Waals surface area contributed by atoms with E-state index in [9.17, 15) is 0 Å². The molecule has 0 aliphatic rings. The molecule has 2 heteroatoms. The monoisotopic (exact) mass is 421 g/mol. The van der Waals surface area contributed by atoms with Crippen LogP contribution in [0.25, 0.3) is 0 Å². The largest absolute Gasteiger partial charge is 0.317 e. The van der Waals surface area contributed by atoms with Gasteiger partial charge in [-0.3, -0.25) is 0 Å². The predicted molar refractivity (Wildman–Crippen MR) is 132 cm³/mol. The van der Waals surface area contributed by atoms with Crippen molar-refractivity contribution in [2.24, 2.45) is 5.73 Å². The summed E-state index contributed by atoms with van der Waals surface area (Å²) in [6, 6.07) is 32.2. The van der Waals surface area contributed by atoms with Crippen molar-refractivity contribution in [2.45, 2.75) is 63.3 Å². The van der Waals surface area contributed by atoms with Crippen LogP contribution in [0.5, 0.6) is 0 Å². The van der Waals surface area contributed by atoms with E-state index in [0.717, 1.165) is 6.42 Å². The minimum atomic E-state index is -0.548. The number of hydrogen-bond acceptors (Lipinski definition) is 1. The summed E-state index contributed by atoms with van der Waals surface area (Å²) in [5.41, 5.74) is 10.5. The number of benzene rings is 3. The molecule has 0 aliphatic carbocycles. The fourth-order valence-corrected chi connectivity index (χ4v) is 4.47. The van der Waals surface area contributed by atoms with Gasteiger partial charge in [0.05, 0.1) is 5.54 Å². The first-order valence-corrected chi connectivity index (χ1v) is 11.2. The highest BCUT2D eigenvalue weighted by Gasteiger charge is 2.38. The summed E-state index contributed by atoms with van der Waals surface area (Å²) >= 11 is 0. The molecule has 1 nitrogen and oxygen atoms in total. The lowest BCUT2D eigenvalue weighted by Gasteiger charge is -2.39. The van der Waals surface area contributed by atoms with E-state index in [1.54, 1.807) is 0 Å². The molecule has 30 heavy (non-hydrogen) atoms. The van der Waals surface area contributed by atoms with Gasteiger partial charge in [0.25, 0.3) is 0 Å². The third-order valence-corrected chi connectivity index (χ3v) is 6.10. The minimum absolute atomic E-state index is 0. The van der Waals surface area contributed by atoms with Crippen LogP contribution < -0.4 is 5.73 Å². The molecule has 3 rings (SSSR count). The third-order valence-electron chi connectivity index (χ3n) is 6.10. The molecule has 0 saturated heterocycles. The summed E-state index contributed by atoms with van der Waals surface area (Å²) in [5.74, 6) is 0.236. The molecule has 0 spiro atoms. The zero-order chi connectivity index (χ0) is 20.4. The summed E-state index contributed by atoms with van der Waals surface area (Å²) < 4.78 is 0. The van der Waals surface area contributed by atoms with Crippen LogP contribution in [0, 0.1) is 0 Å². The molecule has 0 amide bonds. The number of rotatable bonds is 11. The van der Waals surface area contributed by atoms with Gasteiger partial charge in [0.1, 0.15) is 0 Å². The maximum Gasteiger partial charge on any atom is 0.0735 e. The first-order chi connectivity index (χ1) is 14.3. The van der Waals surface area contributed by atoms with Crippen LogP contribution in [0.1, 0.15) is 74.5 Å². The number of halogens is 1. The Kier molecular flexibility index (Phi) is 10.1. The molecular formula is C28H36ClN. The molecule has 0 aromatic heterocycles. The van der Waals surface area contributed by atoms with E-state index < -0.39 is 5.54 Å². The Morgan fingerprint density at radius 1 is 0.633 bits per heavy atom. The van der Waals surface area contributed by atoms with Gasteiger partial charge >= 0.3 is 0 Å². The third kappa shape index (κ3) is 5.97. The number of nitrogens with two attached hydrogens (primary N) is 1. The van der Waals surface area contributed by atoms with Gasteiger partial charge in [0.2, 0.25) is 0 Å². The summed E-state index contributed by atoms with van der Waals surface area (Å²) in [7, 11) is 0. The molecule has 0 fully saturated rings. The van der Waals surface area contributed by atoms with Crippen molar-refractivity contribution < 1.29 is 0 Å². The Bertz CT molecular complexity index is 778. The van der Waals surface area contributed by atoms with Crippen LogP contribution in [-0.2, 0) is 5.54 Å². The average Bonchev–Trinajstić information content (AvgIpc) is 2.80. The van der Waals surface area contributed by atoms with Crippen molar-refractivity contribution in [3.05, 3.63) is 108 Å². The summed E-state index contributed by atoms with van der Waals surface area (Å²) in [6.45, 7) is 2.27. The zero-order valence-corrected chi connectivity index (χ0v) is 19.0. The van der Waals surface area contributed by atoms with Gasteiger partial charge in [-0.05, 0) is 23.1 Å². The quantitative estimate of drug-likeness (QED) is 0.313. The Morgan fingerprint density at radius 2 is 1.07 bits per heavy atom. The molecular weight excluding hydrogens is 386 g/mol. The molecule has 2 N–H and O–H groups in total. The molecule has 1 unspecified atom stereocenters. The zero-order valence-electron chi connectivity index (χ0n) is 18.2. The van der Waals surface area contributed by atoms with Crippen LogP contribution in [0.4, 0.5) is 0 Å². The number of unbranched alkanes of at least 4 members (excludes halogenated alkanes) is 5. The second-order valence-electron chi connectivity index (χ2n) is 8.12. The van der Waals surface area contributed by atoms with E-state index in [1.807, 2.05) is 0 Å². The van der Waals surface area contributed by atoms with Crippen molar-refractivity contribution in [2.75, 3.05) is 0 Å². The van der Waals surface area contributed by atoms with Gasteiger partial charge < -0.3 is 5.73 Å². The topological polar surface area (TPSA) is 26.0 Å². The Hall–Kier alpha value is -2.09. The standard InChI is InChI=1S/C28H35N.ClH/c1-2-3-4-5-6-16-23-27(24-17-10-7-11-18-24)28(29,25-19-12-8-13-20-25)26-21-14-9-15-22-26;/h7-15,17-22,27H,2-6,16,23,29H2,1H3;1H. The molecule has 1 atom stereocenters. The molecule has 0 radical (unpaired) electrons. The molecule has 0 aliphatic heterocycles. The lowest BCUT2D eigenvalue weighted by molar-refractivity contribution is 0.385. The summed E-state index contributed by atoms with van der Waals surface area (Å²) in [4.78, 5) is 0. The average molecular weight is 422 g/mol. The van der Waals surface area contributed by atoms with E-state index in [4.69, 9.17) is 5.73 Å². The van der Waals surface area contributed by atoms with Crippen LogP contribution in [0.3, 0.4) is 0 Å². The fourth-order valence-electron chi connectivity index (χ4n) is 4.47. The Balaban J connectivity index is 0.00000320. The Labute approximate surface area is 189 Å². The smallest absolute Gasteiger partial charge is 0.0735 e. The highest BCUT2D eigenvalue weighted by atomic mass is 35.5. The second-order valence-corrected chi connectivity index (χ2v) is 8.12. The van der Waals surface area contributed by atoms with Crippen LogP contribution >= 0.6 is 12.4 Å². The Morgan fingerprint density at radius 3 is 1.57 bits per heavy atom. The van der Waals surface area contributed by atoms with Crippen LogP contribution in [-0.4, -0.2) is 0 Å². The van der Waals surface area contributed by atoms with Gasteiger partial charge in [0, 0.05) is 5.92 Å². The van der Waals surface area contributed by atoms with Gasteiger partial charge in [-0.2, -0.15) is 0 Å². The first-order valence-electron chi connectivity index (χ1n) is 11.2. The normalized spacial score (nSPS) is 12.2. The highest BCUT2D eigenvalue weighted by molar-refractivity contribution is 5.85. The fraction of sp³-hybridized carbons (Fsp3) is 0.357. The molecule has 0 bridgehead atoms. The van der Waals surface area contributed by atoms with Gasteiger partial charge in [-0.1, -0.05) is 136 Å². The minimum Gasteiger partial charge on any atom is -0.317 e. The second kappa shape index (κ2) is 12.6. The van der Waals surface area contributed by atoms with Crippen molar-refractivity contribution in [3.63, 3.8) is 0 Å². The molecule has 0 saturated carbocycles. The van der Waals surface area contributed by atoms with Crippen LogP contribution in [0.2, 0.25) is 0 Å². The van der Waals surface area contributed by atoms with E-state index in [-0.39, 0.29) is 18.3 Å². The molecule has 3 aromatic rings. The predicted octanol–water partition coefficient (Wildman–Crippen LogP) is 7.85. The summed E-state index contributed by atoms with van der Waals surface area (Å²) in [6.07, 6.45) is 8.89. The van der Waals surface area contributed by atoms with Crippen LogP contribution in [0.15, 0.2) is 91.0 Å². The summed E-state index contributed by atoms with van der Waals surface area (Å²) in [5, 5.41) is 0. The van der Waals surface area contributed by atoms with Gasteiger partial charge in [0.15, 0.2) is 0 Å². The van der Waals surface area contributed by atoms with E-state index in [1.165, 1.54) is 55.2 Å².